The molecule has 1 atom stereocenters. The van der Waals surface area contributed by atoms with Gasteiger partial charge in [-0.25, -0.2) is 9.59 Å². The zero-order valence-electron chi connectivity index (χ0n) is 16.9. The molecule has 8 nitrogen and oxygen atoms in total. The number of aliphatic hydroxyl groups excluding tert-OH is 1. The highest BCUT2D eigenvalue weighted by Gasteiger charge is 2.26. The van der Waals surface area contributed by atoms with Gasteiger partial charge in [0.1, 0.15) is 12.2 Å². The summed E-state index contributed by atoms with van der Waals surface area (Å²) in [6.07, 6.45) is -1.58. The number of nitrogens with one attached hydrogen (secondary N) is 1. The highest BCUT2D eigenvalue weighted by atomic mass is 16.6. The Morgan fingerprint density at radius 1 is 1.14 bits per heavy atom. The zero-order valence-corrected chi connectivity index (χ0v) is 16.9. The number of nitrogens with zero attached hydrogens (tertiary/aromatic N) is 2. The molecule has 0 saturated carbocycles. The number of piperazine rings is 1. The van der Waals surface area contributed by atoms with E-state index in [1.54, 1.807) is 4.90 Å². The molecule has 2 amide bonds. The predicted molar refractivity (Wildman–Crippen MR) is 105 cm³/mol. The summed E-state index contributed by atoms with van der Waals surface area (Å²) in [6.45, 7) is 8.64. The topological polar surface area (TPSA) is 91.3 Å². The molecule has 0 spiro atoms. The molecule has 2 rings (SSSR count). The van der Waals surface area contributed by atoms with E-state index >= 15 is 0 Å². The fraction of sp³-hybridized carbons (Fsp3) is 0.600. The molecule has 0 aliphatic carbocycles. The van der Waals surface area contributed by atoms with Crippen LogP contribution in [0, 0.1) is 0 Å². The van der Waals surface area contributed by atoms with Gasteiger partial charge in [0.25, 0.3) is 0 Å². The second-order valence-electron chi connectivity index (χ2n) is 7.86. The molecule has 2 N–H and O–H groups in total. The van der Waals surface area contributed by atoms with Crippen LogP contribution in [-0.2, 0) is 16.1 Å². The molecule has 0 bridgehead atoms. The van der Waals surface area contributed by atoms with Crippen molar-refractivity contribution in [2.75, 3.05) is 39.3 Å². The summed E-state index contributed by atoms with van der Waals surface area (Å²) in [6, 6.07) is 9.40. The minimum absolute atomic E-state index is 0.111. The normalized spacial score (nSPS) is 16.4. The molecule has 1 aliphatic heterocycles. The molecule has 156 valence electrons. The monoisotopic (exact) mass is 393 g/mol. The van der Waals surface area contributed by atoms with Crippen LogP contribution in [0.3, 0.4) is 0 Å². The fourth-order valence-corrected chi connectivity index (χ4v) is 2.78. The second kappa shape index (κ2) is 10.3. The molecule has 28 heavy (non-hydrogen) atoms. The van der Waals surface area contributed by atoms with Crippen LogP contribution in [-0.4, -0.2) is 78.1 Å². The lowest BCUT2D eigenvalue weighted by molar-refractivity contribution is 0.0101. The zero-order chi connectivity index (χ0) is 20.6. The van der Waals surface area contributed by atoms with Crippen LogP contribution in [0.15, 0.2) is 30.3 Å². The number of β-amino-alcohol motifs (C(OH)–C–C–N with tert-alkyl or cyclic N) is 1. The summed E-state index contributed by atoms with van der Waals surface area (Å²) in [5.41, 5.74) is 0.395. The van der Waals surface area contributed by atoms with Crippen molar-refractivity contribution >= 4 is 12.2 Å². The summed E-state index contributed by atoms with van der Waals surface area (Å²) < 4.78 is 10.5. The molecule has 1 aromatic rings. The molecule has 1 unspecified atom stereocenters. The van der Waals surface area contributed by atoms with E-state index in [1.807, 2.05) is 51.1 Å². The first-order valence-electron chi connectivity index (χ1n) is 9.56. The first-order chi connectivity index (χ1) is 13.2. The third-order valence-electron chi connectivity index (χ3n) is 4.19. The number of alkyl carbamates (subject to hydrolysis) is 1. The average Bonchev–Trinajstić information content (AvgIpc) is 2.65. The number of hydrogen-bond acceptors (Lipinski definition) is 6. The molecule has 8 heteroatoms. The molecular formula is C20H31N3O5. The number of ether oxygens (including phenoxy) is 2. The molecule has 0 radical (unpaired) electrons. The van der Waals surface area contributed by atoms with E-state index in [1.165, 1.54) is 0 Å². The Kier molecular flexibility index (Phi) is 8.07. The lowest BCUT2D eigenvalue weighted by Gasteiger charge is -2.36. The van der Waals surface area contributed by atoms with E-state index in [9.17, 15) is 14.7 Å². The van der Waals surface area contributed by atoms with Crippen molar-refractivity contribution in [3.05, 3.63) is 35.9 Å². The van der Waals surface area contributed by atoms with Crippen LogP contribution in [0.5, 0.6) is 0 Å². The quantitative estimate of drug-likeness (QED) is 0.766. The molecule has 1 fully saturated rings. The van der Waals surface area contributed by atoms with E-state index in [0.29, 0.717) is 32.7 Å². The van der Waals surface area contributed by atoms with E-state index in [4.69, 9.17) is 9.47 Å². The largest absolute Gasteiger partial charge is 0.445 e. The first kappa shape index (κ1) is 22.0. The number of amides is 2. The Morgan fingerprint density at radius 2 is 1.79 bits per heavy atom. The highest BCUT2D eigenvalue weighted by Crippen LogP contribution is 2.12. The Bertz CT molecular complexity index is 624. The Morgan fingerprint density at radius 3 is 2.39 bits per heavy atom. The number of aliphatic hydroxyl groups is 1. The maximum Gasteiger partial charge on any atom is 0.410 e. The first-order valence-corrected chi connectivity index (χ1v) is 9.56. The summed E-state index contributed by atoms with van der Waals surface area (Å²) >= 11 is 0. The van der Waals surface area contributed by atoms with Crippen molar-refractivity contribution in [1.29, 1.82) is 0 Å². The van der Waals surface area contributed by atoms with E-state index in [2.05, 4.69) is 10.2 Å². The van der Waals surface area contributed by atoms with Gasteiger partial charge in [0, 0.05) is 39.3 Å². The molecule has 1 aliphatic rings. The molecule has 1 heterocycles. The van der Waals surface area contributed by atoms with Gasteiger partial charge >= 0.3 is 12.2 Å². The van der Waals surface area contributed by atoms with E-state index in [-0.39, 0.29) is 19.2 Å². The molecular weight excluding hydrogens is 362 g/mol. The summed E-state index contributed by atoms with van der Waals surface area (Å²) in [5.74, 6) is 0. The van der Waals surface area contributed by atoms with Gasteiger partial charge < -0.3 is 24.8 Å². The van der Waals surface area contributed by atoms with Gasteiger partial charge in [0.05, 0.1) is 6.10 Å². The maximum atomic E-state index is 12.1. The van der Waals surface area contributed by atoms with Crippen LogP contribution >= 0.6 is 0 Å². The minimum atomic E-state index is -0.711. The smallest absolute Gasteiger partial charge is 0.410 e. The van der Waals surface area contributed by atoms with Gasteiger partial charge in [0.2, 0.25) is 0 Å². The molecule has 0 aromatic heterocycles. The number of carbonyl (C=O) groups excluding carboxylic acids is 2. The highest BCUT2D eigenvalue weighted by molar-refractivity contribution is 5.68. The van der Waals surface area contributed by atoms with Gasteiger partial charge in [0.15, 0.2) is 0 Å². The summed E-state index contributed by atoms with van der Waals surface area (Å²) in [7, 11) is 0. The molecule has 1 saturated heterocycles. The Labute approximate surface area is 166 Å². The minimum Gasteiger partial charge on any atom is -0.445 e. The SMILES string of the molecule is CC(C)(C)OC(=O)N1CCN(CC(O)CNC(=O)OCc2ccccc2)CC1. The van der Waals surface area contributed by atoms with Crippen LogP contribution in [0.25, 0.3) is 0 Å². The number of carbonyl (C=O) groups is 2. The predicted octanol–water partition coefficient (Wildman–Crippen LogP) is 1.83. The van der Waals surface area contributed by atoms with Crippen LogP contribution in [0.4, 0.5) is 9.59 Å². The maximum absolute atomic E-state index is 12.1. The van der Waals surface area contributed by atoms with Crippen LogP contribution in [0.2, 0.25) is 0 Å². The van der Waals surface area contributed by atoms with Crippen molar-refractivity contribution in [2.24, 2.45) is 0 Å². The lowest BCUT2D eigenvalue weighted by atomic mass is 10.2. The third kappa shape index (κ3) is 8.14. The average molecular weight is 393 g/mol. The van der Waals surface area contributed by atoms with Gasteiger partial charge in [-0.05, 0) is 26.3 Å². The lowest BCUT2D eigenvalue weighted by Crippen LogP contribution is -2.52. The second-order valence-corrected chi connectivity index (χ2v) is 7.86. The standard InChI is InChI=1S/C20H31N3O5/c1-20(2,3)28-19(26)23-11-9-22(10-12-23)14-17(24)13-21-18(25)27-15-16-7-5-4-6-8-16/h4-8,17,24H,9-15H2,1-3H3,(H,21,25). The van der Waals surface area contributed by atoms with Gasteiger partial charge in [-0.2, -0.15) is 0 Å². The van der Waals surface area contributed by atoms with Gasteiger partial charge in [-0.3, -0.25) is 4.90 Å². The van der Waals surface area contributed by atoms with Crippen molar-refractivity contribution in [3.63, 3.8) is 0 Å². The number of rotatable bonds is 6. The van der Waals surface area contributed by atoms with Gasteiger partial charge in [-0.1, -0.05) is 30.3 Å². The van der Waals surface area contributed by atoms with Crippen molar-refractivity contribution in [1.82, 2.24) is 15.1 Å². The van der Waals surface area contributed by atoms with E-state index in [0.717, 1.165) is 5.56 Å². The molecule has 1 aromatic carbocycles. The Hall–Kier alpha value is -2.32. The summed E-state index contributed by atoms with van der Waals surface area (Å²) in [5, 5.41) is 12.7. The third-order valence-corrected chi connectivity index (χ3v) is 4.19. The van der Waals surface area contributed by atoms with Crippen molar-refractivity contribution < 1.29 is 24.2 Å². The van der Waals surface area contributed by atoms with Gasteiger partial charge in [-0.15, -0.1) is 0 Å². The fourth-order valence-electron chi connectivity index (χ4n) is 2.78. The van der Waals surface area contributed by atoms with Crippen molar-refractivity contribution in [3.8, 4) is 0 Å². The van der Waals surface area contributed by atoms with Crippen LogP contribution in [0.1, 0.15) is 26.3 Å². The number of benzene rings is 1. The Balaban J connectivity index is 1.61. The summed E-state index contributed by atoms with van der Waals surface area (Å²) in [4.78, 5) is 27.5. The number of hydrogen-bond donors (Lipinski definition) is 2. The van der Waals surface area contributed by atoms with Crippen molar-refractivity contribution in [2.45, 2.75) is 39.1 Å². The van der Waals surface area contributed by atoms with E-state index < -0.39 is 17.8 Å². The van der Waals surface area contributed by atoms with Crippen LogP contribution < -0.4 is 5.32 Å².